The molecule has 0 spiro atoms. The third-order valence-corrected chi connectivity index (χ3v) is 5.83. The summed E-state index contributed by atoms with van der Waals surface area (Å²) in [5.41, 5.74) is 2.81. The Hall–Kier alpha value is -2.10. The van der Waals surface area contributed by atoms with Gasteiger partial charge in [0.2, 0.25) is 0 Å². The molecule has 0 saturated carbocycles. The van der Waals surface area contributed by atoms with E-state index in [0.717, 1.165) is 24.8 Å². The molecular formula is C24H30N2O. The Morgan fingerprint density at radius 1 is 0.889 bits per heavy atom. The lowest BCUT2D eigenvalue weighted by Gasteiger charge is -2.36. The van der Waals surface area contributed by atoms with E-state index < -0.39 is 0 Å². The zero-order valence-corrected chi connectivity index (χ0v) is 16.1. The van der Waals surface area contributed by atoms with Crippen LogP contribution in [0.4, 0.5) is 0 Å². The third-order valence-electron chi connectivity index (χ3n) is 5.83. The van der Waals surface area contributed by atoms with Gasteiger partial charge in [-0.15, -0.1) is 0 Å². The van der Waals surface area contributed by atoms with Crippen molar-refractivity contribution in [2.45, 2.75) is 32.0 Å². The summed E-state index contributed by atoms with van der Waals surface area (Å²) in [6, 6.07) is 20.2. The Morgan fingerprint density at radius 3 is 2.44 bits per heavy atom. The maximum absolute atomic E-state index is 5.60. The van der Waals surface area contributed by atoms with Crippen molar-refractivity contribution < 1.29 is 4.74 Å². The first-order valence-electron chi connectivity index (χ1n) is 10.1. The second-order valence-electron chi connectivity index (χ2n) is 7.95. The fraction of sp³-hybridized carbons (Fsp3) is 0.417. The molecule has 2 atom stereocenters. The van der Waals surface area contributed by atoms with Gasteiger partial charge in [-0.05, 0) is 42.0 Å². The van der Waals surface area contributed by atoms with Crippen molar-refractivity contribution in [2.24, 2.45) is 5.92 Å². The molecule has 0 aliphatic carbocycles. The van der Waals surface area contributed by atoms with Gasteiger partial charge in [0.15, 0.2) is 0 Å². The maximum Gasteiger partial charge on any atom is 0.119 e. The minimum atomic E-state index is 0.562. The quantitative estimate of drug-likeness (QED) is 0.681. The predicted molar refractivity (Wildman–Crippen MR) is 111 cm³/mol. The minimum Gasteiger partial charge on any atom is -0.490 e. The van der Waals surface area contributed by atoms with Crippen molar-refractivity contribution in [1.82, 2.24) is 9.80 Å². The summed E-state index contributed by atoms with van der Waals surface area (Å²) in [6.07, 6.45) is 4.49. The Kier molecular flexibility index (Phi) is 5.90. The van der Waals surface area contributed by atoms with Crippen LogP contribution in [0.3, 0.4) is 0 Å². The summed E-state index contributed by atoms with van der Waals surface area (Å²) < 4.78 is 5.60. The fourth-order valence-electron chi connectivity index (χ4n) is 4.52. The zero-order chi connectivity index (χ0) is 18.5. The monoisotopic (exact) mass is 362 g/mol. The van der Waals surface area contributed by atoms with Gasteiger partial charge in [0.1, 0.15) is 12.4 Å². The topological polar surface area (TPSA) is 15.7 Å². The first-order chi connectivity index (χ1) is 13.3. The number of hydrogen-bond acceptors (Lipinski definition) is 3. The van der Waals surface area contributed by atoms with E-state index in [2.05, 4.69) is 71.0 Å². The molecule has 2 bridgehead atoms. The van der Waals surface area contributed by atoms with E-state index >= 15 is 0 Å². The van der Waals surface area contributed by atoms with E-state index in [0.29, 0.717) is 12.6 Å². The van der Waals surface area contributed by atoms with Gasteiger partial charge in [0, 0.05) is 38.8 Å². The molecule has 2 aromatic carbocycles. The Bertz CT molecular complexity index is 728. The van der Waals surface area contributed by atoms with Crippen LogP contribution in [0.1, 0.15) is 24.0 Å². The van der Waals surface area contributed by atoms with Crippen molar-refractivity contribution >= 4 is 0 Å². The third kappa shape index (κ3) is 4.79. The van der Waals surface area contributed by atoms with Crippen LogP contribution >= 0.6 is 0 Å². The summed E-state index contributed by atoms with van der Waals surface area (Å²) in [6.45, 7) is 10.0. The summed E-state index contributed by atoms with van der Waals surface area (Å²) in [5, 5.41) is 0. The van der Waals surface area contributed by atoms with Crippen LogP contribution in [0.15, 0.2) is 67.3 Å². The molecule has 0 aromatic heterocycles. The van der Waals surface area contributed by atoms with Crippen molar-refractivity contribution in [3.8, 4) is 5.75 Å². The molecule has 3 aliphatic heterocycles. The number of nitrogens with zero attached hydrogens (tertiary/aromatic N) is 2. The molecule has 3 fully saturated rings. The van der Waals surface area contributed by atoms with E-state index in [9.17, 15) is 0 Å². The second kappa shape index (κ2) is 8.73. The Balaban J connectivity index is 1.37. The van der Waals surface area contributed by atoms with Gasteiger partial charge in [-0.1, -0.05) is 55.1 Å². The van der Waals surface area contributed by atoms with Gasteiger partial charge in [-0.25, -0.2) is 0 Å². The Morgan fingerprint density at radius 2 is 1.67 bits per heavy atom. The number of rotatable bonds is 7. The highest BCUT2D eigenvalue weighted by Gasteiger charge is 2.34. The molecule has 0 unspecified atom stereocenters. The lowest BCUT2D eigenvalue weighted by atomic mass is 9.94. The number of benzene rings is 2. The van der Waals surface area contributed by atoms with E-state index in [4.69, 9.17) is 4.74 Å². The standard InChI is InChI=1S/C24H30N2O/c1-2-14-27-24-12-9-21(10-13-24)15-25-16-22-8-11-23(19-25)26(18-22)17-20-6-4-3-5-7-20/h2-7,9-10,12-13,22-23H,1,8,11,14-19H2/t22-,23+/m1/s1. The number of fused-ring (bicyclic) bond motifs is 4. The molecule has 3 nitrogen and oxygen atoms in total. The summed E-state index contributed by atoms with van der Waals surface area (Å²) in [4.78, 5) is 5.38. The normalized spacial score (nSPS) is 23.1. The number of ether oxygens (including phenoxy) is 1. The highest BCUT2D eigenvalue weighted by Crippen LogP contribution is 2.30. The van der Waals surface area contributed by atoms with E-state index in [1.54, 1.807) is 6.08 Å². The molecule has 142 valence electrons. The van der Waals surface area contributed by atoms with Crippen LogP contribution in [-0.2, 0) is 13.1 Å². The maximum atomic E-state index is 5.60. The second-order valence-corrected chi connectivity index (χ2v) is 7.95. The lowest BCUT2D eigenvalue weighted by Crippen LogP contribution is -2.43. The number of hydrogen-bond donors (Lipinski definition) is 0. The molecule has 3 aliphatic rings. The van der Waals surface area contributed by atoms with Crippen molar-refractivity contribution in [1.29, 1.82) is 0 Å². The van der Waals surface area contributed by atoms with Crippen LogP contribution in [0.5, 0.6) is 5.75 Å². The van der Waals surface area contributed by atoms with Gasteiger partial charge < -0.3 is 4.74 Å². The summed E-state index contributed by atoms with van der Waals surface area (Å²) >= 11 is 0. The van der Waals surface area contributed by atoms with Crippen LogP contribution in [0, 0.1) is 5.92 Å². The molecule has 0 amide bonds. The molecule has 3 saturated heterocycles. The van der Waals surface area contributed by atoms with Crippen molar-refractivity contribution in [3.63, 3.8) is 0 Å². The molecule has 0 radical (unpaired) electrons. The van der Waals surface area contributed by atoms with Gasteiger partial charge in [-0.2, -0.15) is 0 Å². The van der Waals surface area contributed by atoms with Crippen LogP contribution in [-0.4, -0.2) is 42.1 Å². The highest BCUT2D eigenvalue weighted by atomic mass is 16.5. The first-order valence-corrected chi connectivity index (χ1v) is 10.1. The van der Waals surface area contributed by atoms with E-state index in [-0.39, 0.29) is 0 Å². The molecule has 3 heteroatoms. The molecule has 2 aromatic rings. The van der Waals surface area contributed by atoms with E-state index in [1.807, 2.05) is 0 Å². The van der Waals surface area contributed by atoms with Crippen molar-refractivity contribution in [2.75, 3.05) is 26.2 Å². The first kappa shape index (κ1) is 18.3. The molecule has 5 rings (SSSR count). The average molecular weight is 363 g/mol. The van der Waals surface area contributed by atoms with Crippen LogP contribution < -0.4 is 4.74 Å². The van der Waals surface area contributed by atoms with Crippen LogP contribution in [0.25, 0.3) is 0 Å². The average Bonchev–Trinajstić information content (AvgIpc) is 2.99. The highest BCUT2D eigenvalue weighted by molar-refractivity contribution is 5.27. The minimum absolute atomic E-state index is 0.562. The Labute approximate surface area is 163 Å². The van der Waals surface area contributed by atoms with Gasteiger partial charge in [-0.3, -0.25) is 9.80 Å². The van der Waals surface area contributed by atoms with Gasteiger partial charge in [0.05, 0.1) is 0 Å². The molecule has 3 heterocycles. The molecule has 27 heavy (non-hydrogen) atoms. The predicted octanol–water partition coefficient (Wildman–Crippen LogP) is 4.35. The van der Waals surface area contributed by atoms with Crippen molar-refractivity contribution in [3.05, 3.63) is 78.4 Å². The summed E-state index contributed by atoms with van der Waals surface area (Å²) in [7, 11) is 0. The zero-order valence-electron chi connectivity index (χ0n) is 16.1. The molecule has 0 N–H and O–H groups in total. The van der Waals surface area contributed by atoms with E-state index in [1.165, 1.54) is 43.6 Å². The summed E-state index contributed by atoms with van der Waals surface area (Å²) in [5.74, 6) is 1.71. The van der Waals surface area contributed by atoms with Crippen LogP contribution in [0.2, 0.25) is 0 Å². The molecular weight excluding hydrogens is 332 g/mol. The SMILES string of the molecule is C=CCOc1ccc(CN2C[C@H]3CC[C@@H](C2)N(Cc2ccccc2)C3)cc1. The lowest BCUT2D eigenvalue weighted by molar-refractivity contribution is 0.123. The number of piperidine rings is 1. The smallest absolute Gasteiger partial charge is 0.119 e. The van der Waals surface area contributed by atoms with Gasteiger partial charge >= 0.3 is 0 Å². The van der Waals surface area contributed by atoms with Gasteiger partial charge in [0.25, 0.3) is 0 Å². The fourth-order valence-corrected chi connectivity index (χ4v) is 4.52. The largest absolute Gasteiger partial charge is 0.490 e.